The molecular weight excluding hydrogens is 286 g/mol. The van der Waals surface area contributed by atoms with Crippen molar-refractivity contribution in [1.82, 2.24) is 0 Å². The largest absolute Gasteiger partial charge is 0.461 e. The maximum Gasteiger partial charge on any atom is 0.411 e. The van der Waals surface area contributed by atoms with Crippen LogP contribution in [0.25, 0.3) is 0 Å². The van der Waals surface area contributed by atoms with Crippen molar-refractivity contribution in [2.75, 3.05) is 26.4 Å². The summed E-state index contributed by atoms with van der Waals surface area (Å²) in [6, 6.07) is 0. The number of ether oxygens (including phenoxy) is 3. The molecule has 0 amide bonds. The molecule has 0 bridgehead atoms. The van der Waals surface area contributed by atoms with Gasteiger partial charge in [0.2, 0.25) is 0 Å². The fourth-order valence-corrected chi connectivity index (χ4v) is 0.787. The molecule has 0 aliphatic rings. The summed E-state index contributed by atoms with van der Waals surface area (Å²) >= 11 is 0. The van der Waals surface area contributed by atoms with E-state index in [2.05, 4.69) is 14.2 Å². The fourth-order valence-electron chi connectivity index (χ4n) is 0.787. The van der Waals surface area contributed by atoms with Crippen molar-refractivity contribution in [3.8, 4) is 0 Å². The molecule has 0 aromatic carbocycles. The zero-order valence-corrected chi connectivity index (χ0v) is 9.81. The van der Waals surface area contributed by atoms with Gasteiger partial charge in [0.15, 0.2) is 0 Å². The van der Waals surface area contributed by atoms with E-state index >= 15 is 0 Å². The predicted octanol–water partition coefficient (Wildman–Crippen LogP) is 2.08. The van der Waals surface area contributed by atoms with E-state index in [9.17, 15) is 31.1 Å². The molecule has 0 radical (unpaired) electrons. The molecule has 0 heterocycles. The highest BCUT2D eigenvalue weighted by Crippen LogP contribution is 2.16. The SMILES string of the molecule is CC(COC(=O)COCC(F)(F)F)OCC(F)(F)F. The molecule has 0 saturated carbocycles. The van der Waals surface area contributed by atoms with Crippen LogP contribution in [0.3, 0.4) is 0 Å². The van der Waals surface area contributed by atoms with Gasteiger partial charge in [-0.3, -0.25) is 0 Å². The number of carbonyl (C=O) groups is 1. The van der Waals surface area contributed by atoms with Crippen molar-refractivity contribution in [3.63, 3.8) is 0 Å². The number of hydrogen-bond acceptors (Lipinski definition) is 4. The molecule has 10 heteroatoms. The first-order valence-electron chi connectivity index (χ1n) is 4.98. The molecule has 0 aromatic rings. The Bertz CT molecular complexity index is 275. The third kappa shape index (κ3) is 13.2. The second kappa shape index (κ2) is 7.53. The van der Waals surface area contributed by atoms with Crippen LogP contribution >= 0.6 is 0 Å². The fraction of sp³-hybridized carbons (Fsp3) is 0.889. The quantitative estimate of drug-likeness (QED) is 0.533. The normalized spacial score (nSPS) is 14.3. The summed E-state index contributed by atoms with van der Waals surface area (Å²) in [6.07, 6.45) is -10.1. The van der Waals surface area contributed by atoms with E-state index in [1.807, 2.05) is 0 Å². The van der Waals surface area contributed by atoms with Crippen molar-refractivity contribution in [1.29, 1.82) is 0 Å². The maximum atomic E-state index is 11.7. The molecule has 1 atom stereocenters. The summed E-state index contributed by atoms with van der Waals surface area (Å²) in [5.74, 6) is -1.12. The lowest BCUT2D eigenvalue weighted by molar-refractivity contribution is -0.192. The minimum Gasteiger partial charge on any atom is -0.461 e. The third-order valence-corrected chi connectivity index (χ3v) is 1.50. The average molecular weight is 298 g/mol. The number of alkyl halides is 6. The van der Waals surface area contributed by atoms with E-state index in [4.69, 9.17) is 0 Å². The van der Waals surface area contributed by atoms with Gasteiger partial charge in [-0.05, 0) is 6.92 Å². The molecular formula is C9H12F6O4. The Balaban J connectivity index is 3.67. The van der Waals surface area contributed by atoms with E-state index in [1.165, 1.54) is 6.92 Å². The summed E-state index contributed by atoms with van der Waals surface area (Å²) in [7, 11) is 0. The van der Waals surface area contributed by atoms with Crippen molar-refractivity contribution >= 4 is 5.97 Å². The van der Waals surface area contributed by atoms with Gasteiger partial charge in [0, 0.05) is 0 Å². The van der Waals surface area contributed by atoms with Gasteiger partial charge in [0.25, 0.3) is 0 Å². The van der Waals surface area contributed by atoms with E-state index in [0.29, 0.717) is 0 Å². The first-order chi connectivity index (χ1) is 8.49. The van der Waals surface area contributed by atoms with Crippen LogP contribution in [0.2, 0.25) is 0 Å². The number of esters is 1. The van der Waals surface area contributed by atoms with Gasteiger partial charge in [0.05, 0.1) is 6.10 Å². The van der Waals surface area contributed by atoms with Crippen LogP contribution in [-0.4, -0.2) is 50.9 Å². The lowest BCUT2D eigenvalue weighted by Crippen LogP contribution is -2.27. The molecule has 0 aliphatic carbocycles. The maximum absolute atomic E-state index is 11.7. The van der Waals surface area contributed by atoms with Gasteiger partial charge < -0.3 is 14.2 Å². The summed E-state index contributed by atoms with van der Waals surface area (Å²) in [4.78, 5) is 10.8. The highest BCUT2D eigenvalue weighted by Gasteiger charge is 2.29. The zero-order valence-electron chi connectivity index (χ0n) is 9.81. The molecule has 0 rings (SSSR count). The molecule has 0 N–H and O–H groups in total. The monoisotopic (exact) mass is 298 g/mol. The number of rotatable bonds is 7. The minimum atomic E-state index is -4.57. The molecule has 0 aliphatic heterocycles. The summed E-state index contributed by atoms with van der Waals surface area (Å²) < 4.78 is 82.7. The van der Waals surface area contributed by atoms with E-state index < -0.39 is 50.9 Å². The Labute approximate surface area is 104 Å². The highest BCUT2D eigenvalue weighted by atomic mass is 19.4. The van der Waals surface area contributed by atoms with Crippen LogP contribution in [-0.2, 0) is 19.0 Å². The lowest BCUT2D eigenvalue weighted by atomic mass is 10.4. The second-order valence-corrected chi connectivity index (χ2v) is 3.53. The topological polar surface area (TPSA) is 44.8 Å². The Hall–Kier alpha value is -1.03. The number of hydrogen-bond donors (Lipinski definition) is 0. The predicted molar refractivity (Wildman–Crippen MR) is 49.3 cm³/mol. The van der Waals surface area contributed by atoms with E-state index in [1.54, 1.807) is 0 Å². The standard InChI is InChI=1S/C9H12F6O4/c1-6(19-5-9(13,14)15)2-18-7(16)3-17-4-8(10,11)12/h6H,2-5H2,1H3. The van der Waals surface area contributed by atoms with Crippen LogP contribution in [0.1, 0.15) is 6.92 Å². The molecule has 19 heavy (non-hydrogen) atoms. The van der Waals surface area contributed by atoms with Crippen molar-refractivity contribution < 1.29 is 45.3 Å². The van der Waals surface area contributed by atoms with Crippen LogP contribution < -0.4 is 0 Å². The molecule has 1 unspecified atom stereocenters. The van der Waals surface area contributed by atoms with Gasteiger partial charge in [0.1, 0.15) is 26.4 Å². The van der Waals surface area contributed by atoms with Gasteiger partial charge in [-0.25, -0.2) is 4.79 Å². The Morgan fingerprint density at radius 3 is 2.05 bits per heavy atom. The molecule has 114 valence electrons. The van der Waals surface area contributed by atoms with Crippen molar-refractivity contribution in [2.24, 2.45) is 0 Å². The smallest absolute Gasteiger partial charge is 0.411 e. The highest BCUT2D eigenvalue weighted by molar-refractivity contribution is 5.70. The minimum absolute atomic E-state index is 0.510. The molecule has 0 aromatic heterocycles. The van der Waals surface area contributed by atoms with Gasteiger partial charge in [-0.1, -0.05) is 0 Å². The lowest BCUT2D eigenvalue weighted by Gasteiger charge is -2.15. The summed E-state index contributed by atoms with van der Waals surface area (Å²) in [5.41, 5.74) is 0. The van der Waals surface area contributed by atoms with Crippen LogP contribution in [0.4, 0.5) is 26.3 Å². The first-order valence-corrected chi connectivity index (χ1v) is 4.98. The first kappa shape index (κ1) is 18.0. The van der Waals surface area contributed by atoms with E-state index in [-0.39, 0.29) is 0 Å². The van der Waals surface area contributed by atoms with Crippen LogP contribution in [0.15, 0.2) is 0 Å². The second-order valence-electron chi connectivity index (χ2n) is 3.53. The van der Waals surface area contributed by atoms with E-state index in [0.717, 1.165) is 0 Å². The molecule has 0 spiro atoms. The van der Waals surface area contributed by atoms with Gasteiger partial charge in [-0.2, -0.15) is 26.3 Å². The summed E-state index contributed by atoms with van der Waals surface area (Å²) in [5, 5.41) is 0. The van der Waals surface area contributed by atoms with Gasteiger partial charge >= 0.3 is 18.3 Å². The van der Waals surface area contributed by atoms with Crippen LogP contribution in [0, 0.1) is 0 Å². The van der Waals surface area contributed by atoms with Crippen molar-refractivity contribution in [2.45, 2.75) is 25.4 Å². The summed E-state index contributed by atoms with van der Waals surface area (Å²) in [6.45, 7) is -3.34. The Kier molecular flexibility index (Phi) is 7.12. The number of halogens is 6. The van der Waals surface area contributed by atoms with Gasteiger partial charge in [-0.15, -0.1) is 0 Å². The van der Waals surface area contributed by atoms with Crippen LogP contribution in [0.5, 0.6) is 0 Å². The number of carbonyl (C=O) groups excluding carboxylic acids is 1. The Morgan fingerprint density at radius 1 is 1.05 bits per heavy atom. The zero-order chi connectivity index (χ0) is 15.1. The molecule has 4 nitrogen and oxygen atoms in total. The molecule has 0 saturated heterocycles. The van der Waals surface area contributed by atoms with Crippen molar-refractivity contribution in [3.05, 3.63) is 0 Å². The average Bonchev–Trinajstić information content (AvgIpc) is 2.20. The Morgan fingerprint density at radius 2 is 1.58 bits per heavy atom. The molecule has 0 fully saturated rings. The third-order valence-electron chi connectivity index (χ3n) is 1.50.